The van der Waals surface area contributed by atoms with Gasteiger partial charge in [0.1, 0.15) is 4.75 Å². The summed E-state index contributed by atoms with van der Waals surface area (Å²) in [7, 11) is -2.32. The molecule has 10 heteroatoms. The lowest BCUT2D eigenvalue weighted by atomic mass is 9.97. The fourth-order valence-electron chi connectivity index (χ4n) is 4.72. The number of amides is 1. The topological polar surface area (TPSA) is 111 Å². The standard InChI is InChI=1S/C27H34N4O5S/c1-19-22(21-7-5-20(6-8-21)17-30-13-15-36-16-14-30)9-10-23-24(19)29-18-31(25(23)32)12-11-27(2,26(33)28-3)37(4,34)35/h5-10,18H,11-17H2,1-4H3,(H,28,33)/t27-/m1/s1. The molecule has 0 unspecified atom stereocenters. The van der Waals surface area contributed by atoms with Gasteiger partial charge in [0.2, 0.25) is 5.91 Å². The van der Waals surface area contributed by atoms with Crippen LogP contribution in [0.15, 0.2) is 47.5 Å². The van der Waals surface area contributed by atoms with Crippen molar-refractivity contribution in [2.45, 2.75) is 38.1 Å². The van der Waals surface area contributed by atoms with Gasteiger partial charge in [-0.3, -0.25) is 19.1 Å². The third-order valence-corrected chi connectivity index (χ3v) is 9.41. The third-order valence-electron chi connectivity index (χ3n) is 7.38. The molecule has 3 aromatic rings. The van der Waals surface area contributed by atoms with Crippen LogP contribution < -0.4 is 10.9 Å². The molecule has 1 N–H and O–H groups in total. The highest BCUT2D eigenvalue weighted by Crippen LogP contribution is 2.28. The van der Waals surface area contributed by atoms with Gasteiger partial charge >= 0.3 is 0 Å². The number of morpholine rings is 1. The van der Waals surface area contributed by atoms with E-state index in [1.54, 1.807) is 6.07 Å². The van der Waals surface area contributed by atoms with E-state index in [-0.39, 0.29) is 18.5 Å². The van der Waals surface area contributed by atoms with Crippen LogP contribution in [0.4, 0.5) is 0 Å². The van der Waals surface area contributed by atoms with Crippen molar-refractivity contribution < 1.29 is 17.9 Å². The van der Waals surface area contributed by atoms with Gasteiger partial charge in [-0.15, -0.1) is 0 Å². The van der Waals surface area contributed by atoms with Gasteiger partial charge in [0.15, 0.2) is 9.84 Å². The van der Waals surface area contributed by atoms with E-state index < -0.39 is 20.5 Å². The van der Waals surface area contributed by atoms with Gasteiger partial charge < -0.3 is 10.1 Å². The number of carbonyl (C=O) groups excluding carboxylic acids is 1. The first-order valence-electron chi connectivity index (χ1n) is 12.3. The van der Waals surface area contributed by atoms with E-state index in [1.807, 2.05) is 13.0 Å². The van der Waals surface area contributed by atoms with Crippen LogP contribution in [0.5, 0.6) is 0 Å². The molecule has 0 aliphatic carbocycles. The van der Waals surface area contributed by atoms with Crippen molar-refractivity contribution in [1.82, 2.24) is 19.8 Å². The number of nitrogens with zero attached hydrogens (tertiary/aromatic N) is 3. The maximum Gasteiger partial charge on any atom is 0.261 e. The van der Waals surface area contributed by atoms with Gasteiger partial charge in [-0.25, -0.2) is 13.4 Å². The van der Waals surface area contributed by atoms with E-state index in [0.717, 1.165) is 55.8 Å². The number of sulfone groups is 1. The Morgan fingerprint density at radius 3 is 2.43 bits per heavy atom. The van der Waals surface area contributed by atoms with Gasteiger partial charge in [-0.05, 0) is 48.6 Å². The lowest BCUT2D eigenvalue weighted by Gasteiger charge is -2.26. The first-order valence-corrected chi connectivity index (χ1v) is 14.2. The lowest BCUT2D eigenvalue weighted by Crippen LogP contribution is -2.49. The fourth-order valence-corrected chi connectivity index (χ4v) is 5.62. The van der Waals surface area contributed by atoms with E-state index in [4.69, 9.17) is 4.74 Å². The van der Waals surface area contributed by atoms with Gasteiger partial charge in [0.25, 0.3) is 5.56 Å². The monoisotopic (exact) mass is 526 g/mol. The minimum absolute atomic E-state index is 0.0458. The predicted molar refractivity (Wildman–Crippen MR) is 144 cm³/mol. The summed E-state index contributed by atoms with van der Waals surface area (Å²) in [5, 5.41) is 2.87. The largest absolute Gasteiger partial charge is 0.379 e. The summed E-state index contributed by atoms with van der Waals surface area (Å²) in [6.07, 6.45) is 2.41. The molecule has 1 aliphatic heterocycles. The second-order valence-corrected chi connectivity index (χ2v) is 12.2. The molecule has 1 fully saturated rings. The Kier molecular flexibility index (Phi) is 7.82. The van der Waals surface area contributed by atoms with E-state index in [1.165, 1.54) is 30.4 Å². The molecule has 0 bridgehead atoms. The van der Waals surface area contributed by atoms with Crippen LogP contribution in [-0.2, 0) is 32.5 Å². The number of benzene rings is 2. The maximum atomic E-state index is 13.2. The Hall–Kier alpha value is -3.08. The number of nitrogens with one attached hydrogen (secondary N) is 1. The molecule has 1 aliphatic rings. The molecule has 0 spiro atoms. The number of fused-ring (bicyclic) bond motifs is 1. The summed E-state index contributed by atoms with van der Waals surface area (Å²) >= 11 is 0. The number of carbonyl (C=O) groups is 1. The molecule has 2 heterocycles. The summed E-state index contributed by atoms with van der Waals surface area (Å²) in [5.41, 5.74) is 4.52. The van der Waals surface area contributed by atoms with Crippen LogP contribution in [-0.4, -0.2) is 73.1 Å². The molecular weight excluding hydrogens is 492 g/mol. The zero-order valence-electron chi connectivity index (χ0n) is 21.8. The molecule has 0 radical (unpaired) electrons. The zero-order chi connectivity index (χ0) is 26.8. The number of aryl methyl sites for hydroxylation is 2. The number of aromatic nitrogens is 2. The highest BCUT2D eigenvalue weighted by Gasteiger charge is 2.42. The van der Waals surface area contributed by atoms with Crippen molar-refractivity contribution in [3.8, 4) is 11.1 Å². The SMILES string of the molecule is CNC(=O)[C@@](C)(CCn1cnc2c(C)c(-c3ccc(CN4CCOCC4)cc3)ccc2c1=O)S(C)(=O)=O. The van der Waals surface area contributed by atoms with Crippen molar-refractivity contribution in [3.63, 3.8) is 0 Å². The molecular formula is C27H34N4O5S. The molecule has 1 saturated heterocycles. The summed E-state index contributed by atoms with van der Waals surface area (Å²) in [6, 6.07) is 12.1. The van der Waals surface area contributed by atoms with E-state index in [9.17, 15) is 18.0 Å². The normalized spacial score (nSPS) is 16.4. The van der Waals surface area contributed by atoms with Crippen molar-refractivity contribution in [2.24, 2.45) is 0 Å². The summed E-state index contributed by atoms with van der Waals surface area (Å²) in [5.74, 6) is -0.603. The maximum absolute atomic E-state index is 13.2. The first-order chi connectivity index (χ1) is 17.5. The smallest absolute Gasteiger partial charge is 0.261 e. The molecule has 37 heavy (non-hydrogen) atoms. The van der Waals surface area contributed by atoms with Crippen LogP contribution >= 0.6 is 0 Å². The van der Waals surface area contributed by atoms with Crippen LogP contribution in [0.1, 0.15) is 24.5 Å². The van der Waals surface area contributed by atoms with Gasteiger partial charge in [0.05, 0.1) is 30.4 Å². The Bertz CT molecular complexity index is 1460. The van der Waals surface area contributed by atoms with Gasteiger partial charge in [-0.2, -0.15) is 0 Å². The fraction of sp³-hybridized carbons (Fsp3) is 0.444. The van der Waals surface area contributed by atoms with Crippen LogP contribution in [0.25, 0.3) is 22.0 Å². The predicted octanol–water partition coefficient (Wildman–Crippen LogP) is 2.14. The molecule has 198 valence electrons. The first kappa shape index (κ1) is 27.0. The lowest BCUT2D eigenvalue weighted by molar-refractivity contribution is -0.123. The highest BCUT2D eigenvalue weighted by atomic mass is 32.2. The zero-order valence-corrected chi connectivity index (χ0v) is 22.6. The Balaban J connectivity index is 1.58. The van der Waals surface area contributed by atoms with Crippen LogP contribution in [0.2, 0.25) is 0 Å². The number of hydrogen-bond acceptors (Lipinski definition) is 7. The van der Waals surface area contributed by atoms with Crippen molar-refractivity contribution >= 4 is 26.6 Å². The van der Waals surface area contributed by atoms with Gasteiger partial charge in [0, 0.05) is 39.5 Å². The minimum atomic E-state index is -3.71. The third kappa shape index (κ3) is 5.46. The molecule has 9 nitrogen and oxygen atoms in total. The summed E-state index contributed by atoms with van der Waals surface area (Å²) in [4.78, 5) is 32.5. The second kappa shape index (κ2) is 10.7. The average Bonchev–Trinajstić information content (AvgIpc) is 2.88. The number of hydrogen-bond donors (Lipinski definition) is 1. The number of ether oxygens (including phenoxy) is 1. The van der Waals surface area contributed by atoms with E-state index in [2.05, 4.69) is 39.5 Å². The molecule has 1 aromatic heterocycles. The van der Waals surface area contributed by atoms with E-state index in [0.29, 0.717) is 10.9 Å². The quantitative estimate of drug-likeness (QED) is 0.479. The minimum Gasteiger partial charge on any atom is -0.379 e. The molecule has 4 rings (SSSR count). The molecule has 1 atom stereocenters. The Labute approximate surface area is 217 Å². The summed E-state index contributed by atoms with van der Waals surface area (Å²) < 4.78 is 29.8. The Morgan fingerprint density at radius 2 is 1.81 bits per heavy atom. The molecule has 0 saturated carbocycles. The molecule has 1 amide bonds. The molecule has 2 aromatic carbocycles. The van der Waals surface area contributed by atoms with Crippen molar-refractivity contribution in [1.29, 1.82) is 0 Å². The average molecular weight is 527 g/mol. The number of rotatable bonds is 8. The second-order valence-electron chi connectivity index (χ2n) is 9.79. The van der Waals surface area contributed by atoms with Crippen molar-refractivity contribution in [3.05, 3.63) is 64.2 Å². The summed E-state index contributed by atoms with van der Waals surface area (Å²) in [6.45, 7) is 7.68. The highest BCUT2D eigenvalue weighted by molar-refractivity contribution is 7.92. The van der Waals surface area contributed by atoms with Crippen molar-refractivity contribution in [2.75, 3.05) is 39.6 Å². The van der Waals surface area contributed by atoms with Gasteiger partial charge in [-0.1, -0.05) is 30.3 Å². The van der Waals surface area contributed by atoms with Crippen LogP contribution in [0.3, 0.4) is 0 Å². The van der Waals surface area contributed by atoms with E-state index >= 15 is 0 Å². The van der Waals surface area contributed by atoms with Crippen LogP contribution in [0, 0.1) is 6.92 Å². The Morgan fingerprint density at radius 1 is 1.14 bits per heavy atom.